The highest BCUT2D eigenvalue weighted by atomic mass is 16.5. The Bertz CT molecular complexity index is 126. The van der Waals surface area contributed by atoms with Gasteiger partial charge in [0.15, 0.2) is 0 Å². The van der Waals surface area contributed by atoms with Gasteiger partial charge in [-0.25, -0.2) is 0 Å². The van der Waals surface area contributed by atoms with Crippen LogP contribution >= 0.6 is 0 Å². The van der Waals surface area contributed by atoms with Gasteiger partial charge in [0.2, 0.25) is 0 Å². The molecule has 3 nitrogen and oxygen atoms in total. The van der Waals surface area contributed by atoms with Crippen LogP contribution in [0.3, 0.4) is 0 Å². The lowest BCUT2D eigenvalue weighted by Gasteiger charge is -2.03. The van der Waals surface area contributed by atoms with Gasteiger partial charge in [0.25, 0.3) is 0 Å². The van der Waals surface area contributed by atoms with E-state index in [1.807, 2.05) is 6.92 Å². The van der Waals surface area contributed by atoms with Crippen LogP contribution in [0.4, 0.5) is 0 Å². The van der Waals surface area contributed by atoms with Crippen molar-refractivity contribution < 1.29 is 14.9 Å². The van der Waals surface area contributed by atoms with Gasteiger partial charge in [-0.05, 0) is 19.8 Å². The lowest BCUT2D eigenvalue weighted by atomic mass is 10.2. The second-order valence-electron chi connectivity index (χ2n) is 4.59. The van der Waals surface area contributed by atoms with Crippen LogP contribution in [0.5, 0.6) is 0 Å². The minimum atomic E-state index is -0.125. The zero-order valence-corrected chi connectivity index (χ0v) is 14.1. The topological polar surface area (TPSA) is 49.7 Å². The summed E-state index contributed by atoms with van der Waals surface area (Å²) in [5.74, 6) is 0. The number of aliphatic hydroxyl groups excluding tert-OH is 2. The molecule has 0 heterocycles. The summed E-state index contributed by atoms with van der Waals surface area (Å²) >= 11 is 0. The van der Waals surface area contributed by atoms with Crippen LogP contribution < -0.4 is 0 Å². The minimum absolute atomic E-state index is 0.125. The van der Waals surface area contributed by atoms with Gasteiger partial charge in [0.05, 0.1) is 13.2 Å². The quantitative estimate of drug-likeness (QED) is 0.440. The molecule has 0 atom stereocenters. The standard InChI is InChI=1S/C12H26O.C3H6.C2H6O2/c1-3-5-7-9-11-13-12-10-8-6-4-2;1-3-2;3-1-2-4/h3-12H2,1-2H3;3H,1H2,2H3;3-4H,1-2H2. The molecule has 0 amide bonds. The van der Waals surface area contributed by atoms with Gasteiger partial charge in [-0.1, -0.05) is 58.4 Å². The minimum Gasteiger partial charge on any atom is -0.394 e. The lowest BCUT2D eigenvalue weighted by molar-refractivity contribution is 0.126. The van der Waals surface area contributed by atoms with Crippen LogP contribution in [0, 0.1) is 0 Å². The summed E-state index contributed by atoms with van der Waals surface area (Å²) in [6.45, 7) is 11.4. The van der Waals surface area contributed by atoms with Crippen LogP contribution in [0.2, 0.25) is 0 Å². The molecule has 3 heteroatoms. The van der Waals surface area contributed by atoms with Crippen molar-refractivity contribution in [3.8, 4) is 0 Å². The van der Waals surface area contributed by atoms with E-state index in [-0.39, 0.29) is 13.2 Å². The van der Waals surface area contributed by atoms with Gasteiger partial charge in [-0.2, -0.15) is 0 Å². The van der Waals surface area contributed by atoms with Crippen molar-refractivity contribution in [3.63, 3.8) is 0 Å². The van der Waals surface area contributed by atoms with E-state index < -0.39 is 0 Å². The Morgan fingerprint density at radius 2 is 1.15 bits per heavy atom. The second kappa shape index (κ2) is 31.2. The Kier molecular flexibility index (Phi) is 38.4. The Hall–Kier alpha value is -0.380. The lowest BCUT2D eigenvalue weighted by Crippen LogP contribution is -1.96. The van der Waals surface area contributed by atoms with Gasteiger partial charge in [-0.15, -0.1) is 6.58 Å². The number of unbranched alkanes of at least 4 members (excludes halogenated alkanes) is 6. The van der Waals surface area contributed by atoms with E-state index in [4.69, 9.17) is 14.9 Å². The number of aliphatic hydroxyl groups is 2. The normalized spacial score (nSPS) is 9.05. The summed E-state index contributed by atoms with van der Waals surface area (Å²) < 4.78 is 5.53. The predicted molar refractivity (Wildman–Crippen MR) is 89.1 cm³/mol. The van der Waals surface area contributed by atoms with Crippen LogP contribution in [-0.2, 0) is 4.74 Å². The largest absolute Gasteiger partial charge is 0.394 e. The summed E-state index contributed by atoms with van der Waals surface area (Å²) in [5, 5.41) is 15.2. The molecule has 0 fully saturated rings. The van der Waals surface area contributed by atoms with Crippen molar-refractivity contribution >= 4 is 0 Å². The summed E-state index contributed by atoms with van der Waals surface area (Å²) in [7, 11) is 0. The van der Waals surface area contributed by atoms with E-state index in [0.29, 0.717) is 0 Å². The van der Waals surface area contributed by atoms with Gasteiger partial charge in [-0.3, -0.25) is 0 Å². The molecule has 0 aromatic rings. The molecule has 124 valence electrons. The third-order valence-corrected chi connectivity index (χ3v) is 2.38. The molecule has 0 saturated carbocycles. The fourth-order valence-electron chi connectivity index (χ4n) is 1.36. The molecule has 0 spiro atoms. The van der Waals surface area contributed by atoms with E-state index in [1.54, 1.807) is 6.08 Å². The van der Waals surface area contributed by atoms with Gasteiger partial charge >= 0.3 is 0 Å². The molecule has 0 aromatic heterocycles. The molecular weight excluding hydrogens is 252 g/mol. The summed E-state index contributed by atoms with van der Waals surface area (Å²) in [4.78, 5) is 0. The summed E-state index contributed by atoms with van der Waals surface area (Å²) in [6, 6.07) is 0. The average Bonchev–Trinajstić information content (AvgIpc) is 2.47. The molecule has 2 N–H and O–H groups in total. The fraction of sp³-hybridized carbons (Fsp3) is 0.882. The second-order valence-corrected chi connectivity index (χ2v) is 4.59. The zero-order valence-electron chi connectivity index (χ0n) is 14.1. The van der Waals surface area contributed by atoms with Crippen molar-refractivity contribution in [2.45, 2.75) is 72.1 Å². The summed E-state index contributed by atoms with van der Waals surface area (Å²) in [5.41, 5.74) is 0. The number of ether oxygens (including phenoxy) is 1. The highest BCUT2D eigenvalue weighted by molar-refractivity contribution is 4.51. The molecule has 20 heavy (non-hydrogen) atoms. The Morgan fingerprint density at radius 3 is 1.40 bits per heavy atom. The third-order valence-electron chi connectivity index (χ3n) is 2.38. The van der Waals surface area contributed by atoms with Crippen LogP contribution in [0.1, 0.15) is 72.1 Å². The number of rotatable bonds is 11. The molecule has 0 rings (SSSR count). The Balaban J connectivity index is -0.000000343. The maximum Gasteiger partial charge on any atom is 0.0662 e. The smallest absolute Gasteiger partial charge is 0.0662 e. The van der Waals surface area contributed by atoms with Crippen molar-refractivity contribution in [2.75, 3.05) is 26.4 Å². The molecule has 0 aliphatic heterocycles. The average molecular weight is 290 g/mol. The first-order valence-electron chi connectivity index (χ1n) is 8.11. The van der Waals surface area contributed by atoms with E-state index in [2.05, 4.69) is 20.4 Å². The third kappa shape index (κ3) is 43.2. The Labute approximate surface area is 127 Å². The summed E-state index contributed by atoms with van der Waals surface area (Å²) in [6.07, 6.45) is 12.3. The van der Waals surface area contributed by atoms with E-state index >= 15 is 0 Å². The highest BCUT2D eigenvalue weighted by Crippen LogP contribution is 2.01. The highest BCUT2D eigenvalue weighted by Gasteiger charge is 1.90. The maximum absolute atomic E-state index is 7.62. The first kappa shape index (κ1) is 24.6. The van der Waals surface area contributed by atoms with E-state index in [0.717, 1.165) is 13.2 Å². The first-order valence-corrected chi connectivity index (χ1v) is 8.11. The number of allylic oxidation sites excluding steroid dienone is 1. The molecule has 0 aliphatic carbocycles. The maximum atomic E-state index is 7.62. The van der Waals surface area contributed by atoms with Crippen molar-refractivity contribution in [1.29, 1.82) is 0 Å². The molecule has 0 bridgehead atoms. The molecule has 0 radical (unpaired) electrons. The van der Waals surface area contributed by atoms with E-state index in [9.17, 15) is 0 Å². The van der Waals surface area contributed by atoms with Crippen LogP contribution in [-0.4, -0.2) is 36.6 Å². The predicted octanol–water partition coefficient (Wildman–Crippen LogP) is 4.33. The van der Waals surface area contributed by atoms with Crippen molar-refractivity contribution in [1.82, 2.24) is 0 Å². The number of hydrogen-bond donors (Lipinski definition) is 2. The van der Waals surface area contributed by atoms with Crippen molar-refractivity contribution in [2.24, 2.45) is 0 Å². The SMILES string of the molecule is C=CC.CCCCCCOCCCCCC.OCCO. The molecule has 0 unspecified atom stereocenters. The Morgan fingerprint density at radius 1 is 0.800 bits per heavy atom. The monoisotopic (exact) mass is 290 g/mol. The zero-order chi connectivity index (χ0) is 15.9. The van der Waals surface area contributed by atoms with Crippen LogP contribution in [0.15, 0.2) is 12.7 Å². The van der Waals surface area contributed by atoms with Crippen LogP contribution in [0.25, 0.3) is 0 Å². The van der Waals surface area contributed by atoms with Gasteiger partial charge in [0.1, 0.15) is 0 Å². The van der Waals surface area contributed by atoms with Crippen molar-refractivity contribution in [3.05, 3.63) is 12.7 Å². The first-order chi connectivity index (χ1) is 9.74. The van der Waals surface area contributed by atoms with Gasteiger partial charge < -0.3 is 14.9 Å². The fourth-order valence-corrected chi connectivity index (χ4v) is 1.36. The molecule has 0 aromatic carbocycles. The molecule has 0 aliphatic rings. The van der Waals surface area contributed by atoms with E-state index in [1.165, 1.54) is 51.4 Å². The molecular formula is C17H38O3. The van der Waals surface area contributed by atoms with Gasteiger partial charge in [0, 0.05) is 13.2 Å². The molecule has 0 saturated heterocycles. The number of hydrogen-bond acceptors (Lipinski definition) is 3.